The first-order valence-corrected chi connectivity index (χ1v) is 7.15. The first-order valence-electron chi connectivity index (χ1n) is 7.15. The topological polar surface area (TPSA) is 38.1 Å². The fourth-order valence-electron chi connectivity index (χ4n) is 2.64. The second kappa shape index (κ2) is 4.66. The molecule has 2 atom stereocenters. The van der Waals surface area contributed by atoms with E-state index in [1.54, 1.807) is 0 Å². The highest BCUT2D eigenvalue weighted by Gasteiger charge is 2.33. The molecule has 106 valence electrons. The van der Waals surface area contributed by atoms with Crippen LogP contribution in [-0.2, 0) is 10.2 Å². The summed E-state index contributed by atoms with van der Waals surface area (Å²) in [5.41, 5.74) is 2.31. The summed E-state index contributed by atoms with van der Waals surface area (Å²) in [6, 6.07) is 2.53. The van der Waals surface area contributed by atoms with Gasteiger partial charge in [-0.25, -0.2) is 0 Å². The van der Waals surface area contributed by atoms with Crippen LogP contribution < -0.4 is 0 Å². The van der Waals surface area contributed by atoms with Crippen LogP contribution in [0.2, 0.25) is 0 Å². The van der Waals surface area contributed by atoms with Crippen molar-refractivity contribution in [2.75, 3.05) is 6.54 Å². The lowest BCUT2D eigenvalue weighted by Gasteiger charge is -2.37. The van der Waals surface area contributed by atoms with Crippen LogP contribution in [0.25, 0.3) is 0 Å². The first-order chi connectivity index (χ1) is 8.75. The molecular weight excluding hydrogens is 238 g/mol. The Hall–Kier alpha value is -1.32. The fourth-order valence-corrected chi connectivity index (χ4v) is 2.64. The van der Waals surface area contributed by atoms with Crippen LogP contribution in [0.1, 0.15) is 71.4 Å². The van der Waals surface area contributed by atoms with Crippen molar-refractivity contribution in [2.45, 2.75) is 65.5 Å². The molecule has 1 aromatic heterocycles. The number of amides is 1. The van der Waals surface area contributed by atoms with Crippen LogP contribution in [0, 0.1) is 0 Å². The van der Waals surface area contributed by atoms with E-state index in [9.17, 15) is 4.79 Å². The third kappa shape index (κ3) is 2.40. The van der Waals surface area contributed by atoms with Gasteiger partial charge >= 0.3 is 0 Å². The van der Waals surface area contributed by atoms with Gasteiger partial charge in [-0.3, -0.25) is 9.48 Å². The molecule has 1 aromatic rings. The number of aromatic nitrogens is 2. The molecule has 1 aliphatic rings. The molecule has 2 rings (SSSR count). The average Bonchev–Trinajstić information content (AvgIpc) is 2.78. The molecule has 0 fully saturated rings. The molecule has 4 nitrogen and oxygen atoms in total. The van der Waals surface area contributed by atoms with Crippen molar-refractivity contribution in [2.24, 2.45) is 0 Å². The maximum atomic E-state index is 12.0. The van der Waals surface area contributed by atoms with Crippen LogP contribution in [0.3, 0.4) is 0 Å². The minimum absolute atomic E-state index is 0.0450. The molecule has 2 heterocycles. The van der Waals surface area contributed by atoms with Gasteiger partial charge < -0.3 is 4.90 Å². The van der Waals surface area contributed by atoms with Crippen molar-refractivity contribution in [1.29, 1.82) is 0 Å². The van der Waals surface area contributed by atoms with E-state index in [1.165, 1.54) is 0 Å². The van der Waals surface area contributed by atoms with Crippen LogP contribution in [0.15, 0.2) is 6.07 Å². The zero-order chi connectivity index (χ0) is 14.4. The lowest BCUT2D eigenvalue weighted by atomic mass is 9.92. The number of hydrogen-bond donors (Lipinski definition) is 0. The van der Waals surface area contributed by atoms with E-state index in [2.05, 4.69) is 45.4 Å². The Bertz CT molecular complexity index is 484. The monoisotopic (exact) mass is 263 g/mol. The molecule has 0 saturated heterocycles. The van der Waals surface area contributed by atoms with Crippen LogP contribution >= 0.6 is 0 Å². The van der Waals surface area contributed by atoms with Crippen molar-refractivity contribution in [3.63, 3.8) is 0 Å². The van der Waals surface area contributed by atoms with E-state index in [0.29, 0.717) is 6.42 Å². The molecule has 0 aromatic carbocycles. The third-order valence-electron chi connectivity index (χ3n) is 3.93. The molecular formula is C15H25N3O. The number of fused-ring (bicyclic) bond motifs is 1. The van der Waals surface area contributed by atoms with E-state index >= 15 is 0 Å². The molecule has 2 unspecified atom stereocenters. The highest BCUT2D eigenvalue weighted by atomic mass is 16.2. The van der Waals surface area contributed by atoms with Crippen molar-refractivity contribution >= 4 is 5.91 Å². The second-order valence-corrected chi connectivity index (χ2v) is 6.57. The third-order valence-corrected chi connectivity index (χ3v) is 3.93. The SMILES string of the molecule is CCC(=O)N1CC(C)n2nc(C(C)(C)C)cc2C1C. The number of carbonyl (C=O) groups is 1. The Morgan fingerprint density at radius 3 is 2.58 bits per heavy atom. The van der Waals surface area contributed by atoms with Gasteiger partial charge in [0.15, 0.2) is 0 Å². The average molecular weight is 263 g/mol. The van der Waals surface area contributed by atoms with Crippen molar-refractivity contribution in [1.82, 2.24) is 14.7 Å². The summed E-state index contributed by atoms with van der Waals surface area (Å²) in [5, 5.41) is 4.75. The number of nitrogens with zero attached hydrogens (tertiary/aromatic N) is 3. The predicted molar refractivity (Wildman–Crippen MR) is 76.1 cm³/mol. The van der Waals surface area contributed by atoms with Gasteiger partial charge in [-0.05, 0) is 19.9 Å². The molecule has 0 N–H and O–H groups in total. The lowest BCUT2D eigenvalue weighted by Crippen LogP contribution is -2.42. The molecule has 19 heavy (non-hydrogen) atoms. The number of hydrogen-bond acceptors (Lipinski definition) is 2. The minimum Gasteiger partial charge on any atom is -0.332 e. The van der Waals surface area contributed by atoms with Crippen molar-refractivity contribution in [3.05, 3.63) is 17.5 Å². The molecule has 0 spiro atoms. The summed E-state index contributed by atoms with van der Waals surface area (Å²) in [4.78, 5) is 14.0. The Balaban J connectivity index is 2.41. The molecule has 1 aliphatic heterocycles. The maximum absolute atomic E-state index is 12.0. The van der Waals surface area contributed by atoms with Gasteiger partial charge in [0.2, 0.25) is 5.91 Å². The molecule has 1 amide bonds. The largest absolute Gasteiger partial charge is 0.332 e. The summed E-state index contributed by atoms with van der Waals surface area (Å²) in [7, 11) is 0. The molecule has 4 heteroatoms. The van der Waals surface area contributed by atoms with Gasteiger partial charge in [0.25, 0.3) is 0 Å². The molecule has 0 bridgehead atoms. The van der Waals surface area contributed by atoms with E-state index in [4.69, 9.17) is 5.10 Å². The minimum atomic E-state index is 0.0450. The van der Waals surface area contributed by atoms with Crippen LogP contribution in [0.4, 0.5) is 0 Å². The van der Waals surface area contributed by atoms with E-state index < -0.39 is 0 Å². The van der Waals surface area contributed by atoms with Crippen LogP contribution in [0.5, 0.6) is 0 Å². The van der Waals surface area contributed by atoms with Gasteiger partial charge in [0, 0.05) is 18.4 Å². The summed E-state index contributed by atoms with van der Waals surface area (Å²) >= 11 is 0. The number of rotatable bonds is 1. The van der Waals surface area contributed by atoms with Crippen LogP contribution in [-0.4, -0.2) is 27.1 Å². The Morgan fingerprint density at radius 1 is 1.42 bits per heavy atom. The quantitative estimate of drug-likeness (QED) is 0.781. The summed E-state index contributed by atoms with van der Waals surface area (Å²) in [6.07, 6.45) is 0.567. The van der Waals surface area contributed by atoms with E-state index in [0.717, 1.165) is 17.9 Å². The Morgan fingerprint density at radius 2 is 2.05 bits per heavy atom. The van der Waals surface area contributed by atoms with Gasteiger partial charge in [-0.2, -0.15) is 5.10 Å². The smallest absolute Gasteiger partial charge is 0.222 e. The first kappa shape index (κ1) is 14.1. The normalized spacial score (nSPS) is 23.4. The number of carbonyl (C=O) groups excluding carboxylic acids is 1. The fraction of sp³-hybridized carbons (Fsp3) is 0.733. The van der Waals surface area contributed by atoms with Gasteiger partial charge in [0.1, 0.15) is 0 Å². The summed E-state index contributed by atoms with van der Waals surface area (Å²) in [6.45, 7) is 13.4. The van der Waals surface area contributed by atoms with Gasteiger partial charge in [-0.15, -0.1) is 0 Å². The Labute approximate surface area is 115 Å². The zero-order valence-corrected chi connectivity index (χ0v) is 12.9. The van der Waals surface area contributed by atoms with Gasteiger partial charge in [0.05, 0.1) is 23.5 Å². The second-order valence-electron chi connectivity index (χ2n) is 6.57. The summed E-state index contributed by atoms with van der Waals surface area (Å²) < 4.78 is 2.10. The highest BCUT2D eigenvalue weighted by molar-refractivity contribution is 5.76. The lowest BCUT2D eigenvalue weighted by molar-refractivity contribution is -0.134. The maximum Gasteiger partial charge on any atom is 0.222 e. The standard InChI is InChI=1S/C15H25N3O/c1-7-14(19)17-9-10(2)18-12(11(17)3)8-13(16-18)15(4,5)6/h8,10-11H,7,9H2,1-6H3. The molecule has 0 aliphatic carbocycles. The summed E-state index contributed by atoms with van der Waals surface area (Å²) in [5.74, 6) is 0.226. The molecule has 0 saturated carbocycles. The highest BCUT2D eigenvalue weighted by Crippen LogP contribution is 2.33. The van der Waals surface area contributed by atoms with E-state index in [1.807, 2.05) is 11.8 Å². The predicted octanol–water partition coefficient (Wildman–Crippen LogP) is 3.05. The van der Waals surface area contributed by atoms with Crippen molar-refractivity contribution in [3.8, 4) is 0 Å². The van der Waals surface area contributed by atoms with Crippen molar-refractivity contribution < 1.29 is 4.79 Å². The van der Waals surface area contributed by atoms with E-state index in [-0.39, 0.29) is 23.4 Å². The Kier molecular flexibility index (Phi) is 3.45. The van der Waals surface area contributed by atoms with Gasteiger partial charge in [-0.1, -0.05) is 27.7 Å². The molecule has 0 radical (unpaired) electrons. The zero-order valence-electron chi connectivity index (χ0n) is 12.9.